The van der Waals surface area contributed by atoms with E-state index in [1.54, 1.807) is 24.5 Å². The molecule has 3 aromatic heterocycles. The van der Waals surface area contributed by atoms with Crippen molar-refractivity contribution in [2.24, 2.45) is 0 Å². The van der Waals surface area contributed by atoms with Crippen molar-refractivity contribution in [2.75, 3.05) is 5.32 Å². The second-order valence-electron chi connectivity index (χ2n) is 7.18. The van der Waals surface area contributed by atoms with Gasteiger partial charge in [-0.15, -0.1) is 10.2 Å². The first kappa shape index (κ1) is 20.0. The number of nitrogens with one attached hydrogen (secondary N) is 1. The number of halogens is 1. The molecule has 0 saturated heterocycles. The highest BCUT2D eigenvalue weighted by molar-refractivity contribution is 7.15. The van der Waals surface area contributed by atoms with E-state index in [1.807, 2.05) is 53.3 Å². The molecule has 0 unspecified atom stereocenters. The lowest BCUT2D eigenvalue weighted by Crippen LogP contribution is -1.99. The van der Waals surface area contributed by atoms with Crippen LogP contribution in [-0.4, -0.2) is 25.0 Å². The van der Waals surface area contributed by atoms with Crippen LogP contribution in [0, 0.1) is 5.82 Å². The summed E-state index contributed by atoms with van der Waals surface area (Å²) in [7, 11) is 0. The number of aromatic nitrogens is 5. The summed E-state index contributed by atoms with van der Waals surface area (Å²) in [6.07, 6.45) is 6.17. The molecule has 158 valence electrons. The normalized spacial score (nSPS) is 10.9. The molecule has 0 radical (unpaired) electrons. The minimum atomic E-state index is -0.241. The number of pyridine rings is 1. The third kappa shape index (κ3) is 4.55. The van der Waals surface area contributed by atoms with Gasteiger partial charge in [-0.1, -0.05) is 41.7 Å². The summed E-state index contributed by atoms with van der Waals surface area (Å²) in [4.78, 5) is 4.11. The zero-order valence-electron chi connectivity index (χ0n) is 17.0. The van der Waals surface area contributed by atoms with Crippen LogP contribution in [-0.2, 0) is 13.0 Å². The average molecular weight is 443 g/mol. The van der Waals surface area contributed by atoms with Crippen molar-refractivity contribution >= 4 is 16.5 Å². The lowest BCUT2D eigenvalue weighted by Gasteiger charge is -2.03. The summed E-state index contributed by atoms with van der Waals surface area (Å²) in [6.45, 7) is 0.551. The summed E-state index contributed by atoms with van der Waals surface area (Å²) in [6, 6.07) is 20.4. The van der Waals surface area contributed by atoms with Crippen LogP contribution in [0.15, 0.2) is 85.3 Å². The number of rotatable bonds is 7. The van der Waals surface area contributed by atoms with Gasteiger partial charge in [0, 0.05) is 42.7 Å². The van der Waals surface area contributed by atoms with Gasteiger partial charge in [0.25, 0.3) is 0 Å². The van der Waals surface area contributed by atoms with E-state index in [4.69, 9.17) is 5.10 Å². The Morgan fingerprint density at radius 3 is 2.47 bits per heavy atom. The molecule has 0 saturated carbocycles. The Morgan fingerprint density at radius 2 is 1.69 bits per heavy atom. The molecule has 5 aromatic rings. The summed E-state index contributed by atoms with van der Waals surface area (Å²) in [5, 5.41) is 18.3. The van der Waals surface area contributed by atoms with Crippen molar-refractivity contribution < 1.29 is 4.39 Å². The van der Waals surface area contributed by atoms with Gasteiger partial charge in [-0.2, -0.15) is 5.10 Å². The predicted molar refractivity (Wildman–Crippen MR) is 123 cm³/mol. The third-order valence-electron chi connectivity index (χ3n) is 4.93. The monoisotopic (exact) mass is 442 g/mol. The first-order valence-corrected chi connectivity index (χ1v) is 10.9. The van der Waals surface area contributed by atoms with Crippen LogP contribution in [0.5, 0.6) is 0 Å². The molecule has 0 spiro atoms. The Bertz CT molecular complexity index is 1300. The molecular formula is C24H19FN6S. The largest absolute Gasteiger partial charge is 0.356 e. The van der Waals surface area contributed by atoms with Crippen molar-refractivity contribution in [1.82, 2.24) is 25.0 Å². The molecule has 0 aliphatic rings. The van der Waals surface area contributed by atoms with Crippen molar-refractivity contribution in [3.63, 3.8) is 0 Å². The maximum atomic E-state index is 13.1. The highest BCUT2D eigenvalue weighted by Crippen LogP contribution is 2.25. The van der Waals surface area contributed by atoms with Gasteiger partial charge in [-0.05, 0) is 42.0 Å². The zero-order valence-corrected chi connectivity index (χ0v) is 17.8. The number of nitrogens with zero attached hydrogens (tertiary/aromatic N) is 5. The molecule has 32 heavy (non-hydrogen) atoms. The molecule has 1 N–H and O–H groups in total. The molecule has 5 rings (SSSR count). The zero-order chi connectivity index (χ0) is 21.8. The highest BCUT2D eigenvalue weighted by atomic mass is 32.1. The molecule has 2 aromatic carbocycles. The second-order valence-corrected chi connectivity index (χ2v) is 8.24. The maximum Gasteiger partial charge on any atom is 0.205 e. The molecule has 0 bridgehead atoms. The van der Waals surface area contributed by atoms with Gasteiger partial charge in [0.1, 0.15) is 10.8 Å². The maximum absolute atomic E-state index is 13.1. The SMILES string of the molecule is Fc1ccc(Cc2nnc(NCc3cn(-c4ccccc4)nc3-c3ccncc3)s2)cc1. The van der Waals surface area contributed by atoms with Gasteiger partial charge in [0.2, 0.25) is 5.13 Å². The van der Waals surface area contributed by atoms with Gasteiger partial charge < -0.3 is 5.32 Å². The van der Waals surface area contributed by atoms with Crippen molar-refractivity contribution in [3.05, 3.63) is 107 Å². The van der Waals surface area contributed by atoms with Gasteiger partial charge in [-0.3, -0.25) is 4.98 Å². The van der Waals surface area contributed by atoms with E-state index < -0.39 is 0 Å². The van der Waals surface area contributed by atoms with E-state index in [1.165, 1.54) is 23.5 Å². The van der Waals surface area contributed by atoms with E-state index >= 15 is 0 Å². The van der Waals surface area contributed by atoms with Gasteiger partial charge in [0.15, 0.2) is 0 Å². The Balaban J connectivity index is 1.35. The Labute approximate surface area is 188 Å². The van der Waals surface area contributed by atoms with Crippen molar-refractivity contribution in [2.45, 2.75) is 13.0 Å². The molecule has 6 nitrogen and oxygen atoms in total. The smallest absolute Gasteiger partial charge is 0.205 e. The molecule has 3 heterocycles. The predicted octanol–water partition coefficient (Wildman–Crippen LogP) is 5.13. The summed E-state index contributed by atoms with van der Waals surface area (Å²) in [5.74, 6) is -0.241. The molecule has 8 heteroatoms. The van der Waals surface area contributed by atoms with E-state index in [9.17, 15) is 4.39 Å². The number of anilines is 1. The minimum absolute atomic E-state index is 0.241. The Hall–Kier alpha value is -3.91. The first-order chi connectivity index (χ1) is 15.7. The fraction of sp³-hybridized carbons (Fsp3) is 0.0833. The molecule has 0 aliphatic heterocycles. The second kappa shape index (κ2) is 9.07. The van der Waals surface area contributed by atoms with Gasteiger partial charge in [0.05, 0.1) is 11.4 Å². The van der Waals surface area contributed by atoms with Crippen LogP contribution in [0.25, 0.3) is 16.9 Å². The number of benzene rings is 2. The molecule has 0 fully saturated rings. The number of para-hydroxylation sites is 1. The van der Waals surface area contributed by atoms with Gasteiger partial charge in [-0.25, -0.2) is 9.07 Å². The topological polar surface area (TPSA) is 68.5 Å². The number of hydrogen-bond acceptors (Lipinski definition) is 6. The molecule has 0 amide bonds. The molecule has 0 aliphatic carbocycles. The van der Waals surface area contributed by atoms with Crippen LogP contribution in [0.3, 0.4) is 0 Å². The van der Waals surface area contributed by atoms with Crippen LogP contribution in [0.1, 0.15) is 16.1 Å². The van der Waals surface area contributed by atoms with Crippen molar-refractivity contribution in [3.8, 4) is 16.9 Å². The quantitative estimate of drug-likeness (QED) is 0.379. The highest BCUT2D eigenvalue weighted by Gasteiger charge is 2.13. The first-order valence-electron chi connectivity index (χ1n) is 10.1. The standard InChI is InChI=1S/C24H19FN6S/c25-20-8-6-17(7-9-20)14-22-28-29-24(32-22)27-15-19-16-31(21-4-2-1-3-5-21)30-23(19)18-10-12-26-13-11-18/h1-13,16H,14-15H2,(H,27,29). The fourth-order valence-corrected chi connectivity index (χ4v) is 4.12. The van der Waals surface area contributed by atoms with E-state index in [-0.39, 0.29) is 5.82 Å². The van der Waals surface area contributed by atoms with Crippen molar-refractivity contribution in [1.29, 1.82) is 0 Å². The average Bonchev–Trinajstić information content (AvgIpc) is 3.47. The Morgan fingerprint density at radius 1 is 0.906 bits per heavy atom. The third-order valence-corrected chi connectivity index (χ3v) is 5.81. The fourth-order valence-electron chi connectivity index (χ4n) is 3.35. The van der Waals surface area contributed by atoms with E-state index in [2.05, 4.69) is 20.5 Å². The molecular weight excluding hydrogens is 423 g/mol. The summed E-state index contributed by atoms with van der Waals surface area (Å²) in [5.41, 5.74) is 4.92. The number of hydrogen-bond donors (Lipinski definition) is 1. The molecule has 0 atom stereocenters. The van der Waals surface area contributed by atoms with E-state index in [0.29, 0.717) is 13.0 Å². The lowest BCUT2D eigenvalue weighted by atomic mass is 10.1. The Kier molecular flexibility index (Phi) is 5.67. The van der Waals surface area contributed by atoms with Gasteiger partial charge >= 0.3 is 0 Å². The van der Waals surface area contributed by atoms with Crippen LogP contribution in [0.2, 0.25) is 0 Å². The summed E-state index contributed by atoms with van der Waals surface area (Å²) < 4.78 is 15.0. The van der Waals surface area contributed by atoms with Crippen LogP contribution >= 0.6 is 11.3 Å². The van der Waals surface area contributed by atoms with E-state index in [0.717, 1.165) is 38.2 Å². The van der Waals surface area contributed by atoms with Crippen LogP contribution < -0.4 is 5.32 Å². The van der Waals surface area contributed by atoms with Crippen LogP contribution in [0.4, 0.5) is 9.52 Å². The summed E-state index contributed by atoms with van der Waals surface area (Å²) >= 11 is 1.49. The minimum Gasteiger partial charge on any atom is -0.356 e. The lowest BCUT2D eigenvalue weighted by molar-refractivity contribution is 0.627.